The van der Waals surface area contributed by atoms with E-state index >= 15 is 0 Å². The van der Waals surface area contributed by atoms with E-state index in [9.17, 15) is 9.13 Å². The molecule has 3 nitrogen and oxygen atoms in total. The molecule has 0 N–H and O–H groups in total. The smallest absolute Gasteiger partial charge is 0.265 e. The fourth-order valence-electron chi connectivity index (χ4n) is 0.736. The van der Waals surface area contributed by atoms with Crippen molar-refractivity contribution in [2.24, 2.45) is 0 Å². The molecule has 0 spiro atoms. The zero-order chi connectivity index (χ0) is 9.90. The lowest BCUT2D eigenvalue weighted by atomic mass is 10.4. The summed E-state index contributed by atoms with van der Waals surface area (Å²) in [7, 11) is -2.48. The minimum atomic E-state index is -3.54. The molecule has 13 heavy (non-hydrogen) atoms. The number of hydrogen-bond acceptors (Lipinski definition) is 3. The number of halogens is 2. The van der Waals surface area contributed by atoms with Gasteiger partial charge in [-0.25, -0.2) is 0 Å². The lowest BCUT2D eigenvalue weighted by Gasteiger charge is -2.00. The van der Waals surface area contributed by atoms with Gasteiger partial charge in [-0.1, -0.05) is 22.5 Å². The van der Waals surface area contributed by atoms with Crippen LogP contribution in [0.15, 0.2) is 30.3 Å². The fraction of sp³-hybridized carbons (Fsp3) is 0. The van der Waals surface area contributed by atoms with E-state index in [1.807, 2.05) is 0 Å². The molecule has 0 bridgehead atoms. The van der Waals surface area contributed by atoms with Gasteiger partial charge in [-0.15, -0.1) is 0 Å². The van der Waals surface area contributed by atoms with E-state index in [0.29, 0.717) is 0 Å². The Morgan fingerprint density at radius 2 is 1.85 bits per heavy atom. The molecule has 0 amide bonds. The summed E-state index contributed by atoms with van der Waals surface area (Å²) in [6, 6.07) is 8.07. The zero-order valence-electron chi connectivity index (χ0n) is 6.26. The molecule has 70 valence electrons. The third-order valence-corrected chi connectivity index (χ3v) is 5.20. The second-order valence-corrected chi connectivity index (χ2v) is 6.83. The molecule has 1 aromatic rings. The van der Waals surface area contributed by atoms with Gasteiger partial charge in [0.1, 0.15) is 0 Å². The average Bonchev–Trinajstić information content (AvgIpc) is 2.04. The van der Waals surface area contributed by atoms with Crippen molar-refractivity contribution < 1.29 is 13.4 Å². The van der Waals surface area contributed by atoms with Crippen LogP contribution in [-0.2, 0) is 13.4 Å². The van der Waals surface area contributed by atoms with E-state index in [-0.39, 0.29) is 5.30 Å². The zero-order valence-corrected chi connectivity index (χ0v) is 9.56. The van der Waals surface area contributed by atoms with Crippen molar-refractivity contribution in [3.8, 4) is 0 Å². The molecule has 1 aromatic carbocycles. The Kier molecular flexibility index (Phi) is 3.90. The fourth-order valence-corrected chi connectivity index (χ4v) is 4.21. The normalized spacial score (nSPS) is 16.3. The maximum Gasteiger partial charge on any atom is 0.641 e. The largest absolute Gasteiger partial charge is 0.641 e. The summed E-state index contributed by atoms with van der Waals surface area (Å²) >= 11 is 10.6. The Hall–Kier alpha value is 0.0900. The summed E-state index contributed by atoms with van der Waals surface area (Å²) in [6.07, 6.45) is 0. The monoisotopic (exact) mass is 257 g/mol. The molecule has 2 unspecified atom stereocenters. The van der Waals surface area contributed by atoms with E-state index in [1.165, 1.54) is 12.1 Å². The first kappa shape index (κ1) is 11.2. The highest BCUT2D eigenvalue weighted by Crippen LogP contribution is 2.59. The summed E-state index contributed by atoms with van der Waals surface area (Å²) < 4.78 is 26.4. The minimum Gasteiger partial charge on any atom is -0.265 e. The van der Waals surface area contributed by atoms with Crippen molar-refractivity contribution >= 4 is 41.9 Å². The molecule has 0 aliphatic heterocycles. The predicted molar refractivity (Wildman–Crippen MR) is 54.1 cm³/mol. The van der Waals surface area contributed by atoms with Crippen LogP contribution in [-0.4, -0.2) is 0 Å². The molecule has 0 aliphatic carbocycles. The highest BCUT2D eigenvalue weighted by molar-refractivity contribution is 7.95. The lowest BCUT2D eigenvalue weighted by molar-refractivity contribution is 0.500. The first-order valence-electron chi connectivity index (χ1n) is 3.20. The lowest BCUT2D eigenvalue weighted by Crippen LogP contribution is -1.98. The van der Waals surface area contributed by atoms with E-state index in [2.05, 4.69) is 4.31 Å². The molecular weight excluding hydrogens is 253 g/mol. The van der Waals surface area contributed by atoms with Crippen LogP contribution < -0.4 is 5.30 Å². The van der Waals surface area contributed by atoms with Crippen LogP contribution in [0.3, 0.4) is 0 Å². The Morgan fingerprint density at radius 3 is 2.31 bits per heavy atom. The Bertz CT molecular complexity index is 354. The summed E-state index contributed by atoms with van der Waals surface area (Å²) in [5.74, 6) is 0. The van der Waals surface area contributed by atoms with E-state index < -0.39 is 14.1 Å². The van der Waals surface area contributed by atoms with Gasteiger partial charge < -0.3 is 0 Å². The summed E-state index contributed by atoms with van der Waals surface area (Å²) in [5, 5.41) is 0.278. The van der Waals surface area contributed by atoms with Crippen molar-refractivity contribution in [2.45, 2.75) is 0 Å². The van der Waals surface area contributed by atoms with Gasteiger partial charge in [0.2, 0.25) is 11.2 Å². The third-order valence-electron chi connectivity index (χ3n) is 1.23. The Balaban J connectivity index is 2.95. The average molecular weight is 258 g/mol. The van der Waals surface area contributed by atoms with Gasteiger partial charge in [-0.05, 0) is 27.9 Å². The Labute approximate surface area is 85.9 Å². The molecule has 1 rings (SSSR count). The molecule has 0 radical (unpaired) electrons. The number of hydrogen-bond donors (Lipinski definition) is 0. The van der Waals surface area contributed by atoms with Crippen molar-refractivity contribution in [2.75, 3.05) is 0 Å². The van der Waals surface area contributed by atoms with Crippen molar-refractivity contribution in [3.05, 3.63) is 30.3 Å². The topological polar surface area (TPSA) is 43.4 Å². The first-order valence-corrected chi connectivity index (χ1v) is 7.81. The van der Waals surface area contributed by atoms with E-state index in [4.69, 9.17) is 22.5 Å². The van der Waals surface area contributed by atoms with Crippen LogP contribution >= 0.6 is 36.6 Å². The quantitative estimate of drug-likeness (QED) is 0.777. The van der Waals surface area contributed by atoms with Gasteiger partial charge in [0.05, 0.1) is 5.30 Å². The standard InChI is InChI=1S/C6H5Cl2O3P2/c7-12(9)11-13(8,10)6-4-2-1-3-5-6/h1-5H/q+1. The van der Waals surface area contributed by atoms with Crippen LogP contribution in [0, 0.1) is 0 Å². The van der Waals surface area contributed by atoms with Gasteiger partial charge in [0.25, 0.3) is 0 Å². The van der Waals surface area contributed by atoms with E-state index in [1.54, 1.807) is 18.2 Å². The summed E-state index contributed by atoms with van der Waals surface area (Å²) in [6.45, 7) is -3.54. The molecule has 2 atom stereocenters. The van der Waals surface area contributed by atoms with Crippen LogP contribution in [0.4, 0.5) is 0 Å². The minimum absolute atomic E-state index is 0.278. The van der Waals surface area contributed by atoms with Gasteiger partial charge >= 0.3 is 14.1 Å². The van der Waals surface area contributed by atoms with Gasteiger partial charge in [0, 0.05) is 0 Å². The Morgan fingerprint density at radius 1 is 1.31 bits per heavy atom. The molecule has 0 aliphatic rings. The molecule has 0 heterocycles. The maximum absolute atomic E-state index is 11.5. The first-order chi connectivity index (χ1) is 6.02. The second-order valence-electron chi connectivity index (χ2n) is 2.11. The number of benzene rings is 1. The van der Waals surface area contributed by atoms with Crippen LogP contribution in [0.1, 0.15) is 0 Å². The predicted octanol–water partition coefficient (Wildman–Crippen LogP) is 3.66. The highest BCUT2D eigenvalue weighted by Gasteiger charge is 2.34. The van der Waals surface area contributed by atoms with Crippen molar-refractivity contribution in [1.29, 1.82) is 0 Å². The maximum atomic E-state index is 11.5. The molecule has 0 saturated heterocycles. The van der Waals surface area contributed by atoms with Crippen molar-refractivity contribution in [1.82, 2.24) is 0 Å². The third kappa shape index (κ3) is 3.38. The van der Waals surface area contributed by atoms with Gasteiger partial charge in [-0.3, -0.25) is 4.57 Å². The summed E-state index contributed by atoms with van der Waals surface area (Å²) in [5.41, 5.74) is 0. The molecule has 0 aromatic heterocycles. The van der Waals surface area contributed by atoms with Crippen LogP contribution in [0.2, 0.25) is 0 Å². The molecule has 0 fully saturated rings. The second kappa shape index (κ2) is 4.54. The SMILES string of the molecule is O=[P+](Cl)OP(=O)(Cl)c1ccccc1. The summed E-state index contributed by atoms with van der Waals surface area (Å²) in [4.78, 5) is 0. The van der Waals surface area contributed by atoms with Gasteiger partial charge in [0.15, 0.2) is 0 Å². The molecule has 0 saturated carbocycles. The van der Waals surface area contributed by atoms with Crippen LogP contribution in [0.25, 0.3) is 0 Å². The van der Waals surface area contributed by atoms with Crippen molar-refractivity contribution in [3.63, 3.8) is 0 Å². The molecular formula is C6H5Cl2O3P2+. The van der Waals surface area contributed by atoms with E-state index in [0.717, 1.165) is 0 Å². The number of rotatable bonds is 3. The molecule has 7 heteroatoms. The van der Waals surface area contributed by atoms with Crippen LogP contribution in [0.5, 0.6) is 0 Å². The highest BCUT2D eigenvalue weighted by atomic mass is 35.7. The van der Waals surface area contributed by atoms with Gasteiger partial charge in [-0.2, -0.15) is 0 Å².